The van der Waals surface area contributed by atoms with Crippen LogP contribution in [0, 0.1) is 0 Å². The Balaban J connectivity index is 0.000001000. The molecule has 0 bridgehead atoms. The van der Waals surface area contributed by atoms with Gasteiger partial charge in [-0.15, -0.1) is 0 Å². The van der Waals surface area contributed by atoms with Crippen molar-refractivity contribution in [2.45, 2.75) is 19.4 Å². The maximum Gasteiger partial charge on any atom is 0.0840 e. The van der Waals surface area contributed by atoms with E-state index < -0.39 is 5.60 Å². The molecule has 1 aromatic carbocycles. The Kier molecular flexibility index (Phi) is 3.99. The predicted octanol–water partition coefficient (Wildman–Crippen LogP) is 1.91. The van der Waals surface area contributed by atoms with Gasteiger partial charge < -0.3 is 5.11 Å². The van der Waals surface area contributed by atoms with Gasteiger partial charge in [-0.05, 0) is 19.4 Å². The van der Waals surface area contributed by atoms with E-state index >= 15 is 0 Å². The van der Waals surface area contributed by atoms with Gasteiger partial charge in [0.1, 0.15) is 0 Å². The van der Waals surface area contributed by atoms with E-state index in [2.05, 4.69) is 0 Å². The molecule has 1 rings (SSSR count). The molecule has 0 aromatic heterocycles. The van der Waals surface area contributed by atoms with Gasteiger partial charge in [0, 0.05) is 21.1 Å². The average molecular weight is 331 g/mol. The van der Waals surface area contributed by atoms with E-state index in [-0.39, 0.29) is 21.1 Å². The standard InChI is InChI=1S/C9H12O.Pt/c1-9(2,10)8-6-4-3-5-7-8;/h3-7,10H,1-2H3;. The summed E-state index contributed by atoms with van der Waals surface area (Å²) < 4.78 is 0. The van der Waals surface area contributed by atoms with Crippen LogP contribution in [0.5, 0.6) is 0 Å². The van der Waals surface area contributed by atoms with Gasteiger partial charge in [0.15, 0.2) is 0 Å². The number of aliphatic hydroxyl groups is 1. The Morgan fingerprint density at radius 2 is 1.55 bits per heavy atom. The van der Waals surface area contributed by atoms with Crippen molar-refractivity contribution < 1.29 is 26.2 Å². The number of hydrogen-bond donors (Lipinski definition) is 1. The molecule has 64 valence electrons. The predicted molar refractivity (Wildman–Crippen MR) is 41.7 cm³/mol. The summed E-state index contributed by atoms with van der Waals surface area (Å²) in [6.07, 6.45) is 0. The molecule has 1 nitrogen and oxygen atoms in total. The summed E-state index contributed by atoms with van der Waals surface area (Å²) in [5, 5.41) is 9.49. The Morgan fingerprint density at radius 1 is 1.09 bits per heavy atom. The minimum Gasteiger partial charge on any atom is -0.386 e. The van der Waals surface area contributed by atoms with E-state index in [1.807, 2.05) is 30.3 Å². The Bertz CT molecular complexity index is 201. The van der Waals surface area contributed by atoms with E-state index in [4.69, 9.17) is 0 Å². The van der Waals surface area contributed by atoms with E-state index in [1.165, 1.54) is 0 Å². The van der Waals surface area contributed by atoms with Gasteiger partial charge >= 0.3 is 0 Å². The molecular weight excluding hydrogens is 319 g/mol. The van der Waals surface area contributed by atoms with Gasteiger partial charge in [-0.2, -0.15) is 0 Å². The third-order valence-electron chi connectivity index (χ3n) is 1.48. The number of benzene rings is 1. The fourth-order valence-corrected chi connectivity index (χ4v) is 0.846. The van der Waals surface area contributed by atoms with Crippen molar-refractivity contribution in [3.8, 4) is 0 Å². The molecule has 1 N–H and O–H groups in total. The van der Waals surface area contributed by atoms with Crippen LogP contribution < -0.4 is 0 Å². The Hall–Kier alpha value is -0.132. The molecule has 0 amide bonds. The molecule has 0 aliphatic heterocycles. The summed E-state index contributed by atoms with van der Waals surface area (Å²) >= 11 is 0. The van der Waals surface area contributed by atoms with Crippen LogP contribution in [0.15, 0.2) is 30.3 Å². The molecule has 0 spiro atoms. The molecule has 0 aliphatic rings. The third kappa shape index (κ3) is 3.18. The molecular formula is C9H12OPt. The molecule has 0 radical (unpaired) electrons. The molecule has 11 heavy (non-hydrogen) atoms. The molecule has 1 aromatic rings. The third-order valence-corrected chi connectivity index (χ3v) is 1.48. The second-order valence-electron chi connectivity index (χ2n) is 2.93. The fraction of sp³-hybridized carbons (Fsp3) is 0.333. The minimum absolute atomic E-state index is 0. The van der Waals surface area contributed by atoms with Crippen molar-refractivity contribution in [3.05, 3.63) is 35.9 Å². The van der Waals surface area contributed by atoms with Crippen LogP contribution in [0.4, 0.5) is 0 Å². The summed E-state index contributed by atoms with van der Waals surface area (Å²) in [5.74, 6) is 0. The molecule has 0 fully saturated rings. The molecule has 0 saturated heterocycles. The summed E-state index contributed by atoms with van der Waals surface area (Å²) in [4.78, 5) is 0. The van der Waals surface area contributed by atoms with Gasteiger partial charge in [0.25, 0.3) is 0 Å². The molecule has 2 heteroatoms. The fourth-order valence-electron chi connectivity index (χ4n) is 0.846. The molecule has 0 atom stereocenters. The van der Waals surface area contributed by atoms with Crippen molar-refractivity contribution in [1.82, 2.24) is 0 Å². The average Bonchev–Trinajstić information content (AvgIpc) is 1.88. The van der Waals surface area contributed by atoms with Crippen molar-refractivity contribution in [1.29, 1.82) is 0 Å². The van der Waals surface area contributed by atoms with E-state index in [1.54, 1.807) is 13.8 Å². The van der Waals surface area contributed by atoms with Gasteiger partial charge in [0.05, 0.1) is 5.60 Å². The molecule has 0 unspecified atom stereocenters. The van der Waals surface area contributed by atoms with Crippen molar-refractivity contribution >= 4 is 0 Å². The SMILES string of the molecule is CC(C)(O)c1ccccc1.[Pt]. The van der Waals surface area contributed by atoms with Crippen LogP contribution in [-0.2, 0) is 26.7 Å². The molecule has 0 heterocycles. The maximum atomic E-state index is 9.49. The van der Waals surface area contributed by atoms with Crippen LogP contribution >= 0.6 is 0 Å². The summed E-state index contributed by atoms with van der Waals surface area (Å²) in [5.41, 5.74) is 0.247. The van der Waals surface area contributed by atoms with Crippen molar-refractivity contribution in [2.24, 2.45) is 0 Å². The van der Waals surface area contributed by atoms with Gasteiger partial charge in [-0.25, -0.2) is 0 Å². The molecule has 0 saturated carbocycles. The zero-order valence-electron chi connectivity index (χ0n) is 6.65. The maximum absolute atomic E-state index is 9.49. The molecule has 0 aliphatic carbocycles. The zero-order valence-corrected chi connectivity index (χ0v) is 8.92. The summed E-state index contributed by atoms with van der Waals surface area (Å²) in [6, 6.07) is 9.62. The first kappa shape index (κ1) is 10.9. The van der Waals surface area contributed by atoms with E-state index in [0.717, 1.165) is 5.56 Å². The minimum atomic E-state index is -0.707. The second-order valence-corrected chi connectivity index (χ2v) is 2.93. The zero-order chi connectivity index (χ0) is 7.61. The first-order chi connectivity index (χ1) is 4.61. The second kappa shape index (κ2) is 4.04. The van der Waals surface area contributed by atoms with Crippen molar-refractivity contribution in [2.75, 3.05) is 0 Å². The van der Waals surface area contributed by atoms with Crippen LogP contribution in [0.25, 0.3) is 0 Å². The monoisotopic (exact) mass is 331 g/mol. The first-order valence-electron chi connectivity index (χ1n) is 3.38. The topological polar surface area (TPSA) is 20.2 Å². The Morgan fingerprint density at radius 3 is 1.82 bits per heavy atom. The van der Waals surface area contributed by atoms with E-state index in [9.17, 15) is 5.11 Å². The van der Waals surface area contributed by atoms with E-state index in [0.29, 0.717) is 0 Å². The van der Waals surface area contributed by atoms with Crippen molar-refractivity contribution in [3.63, 3.8) is 0 Å². The number of rotatable bonds is 1. The van der Waals surface area contributed by atoms with Crippen LogP contribution in [-0.4, -0.2) is 5.11 Å². The normalized spacial score (nSPS) is 10.5. The largest absolute Gasteiger partial charge is 0.386 e. The van der Waals surface area contributed by atoms with Crippen LogP contribution in [0.2, 0.25) is 0 Å². The summed E-state index contributed by atoms with van der Waals surface area (Å²) in [6.45, 7) is 3.56. The number of hydrogen-bond acceptors (Lipinski definition) is 1. The smallest absolute Gasteiger partial charge is 0.0840 e. The van der Waals surface area contributed by atoms with Gasteiger partial charge in [-0.3, -0.25) is 0 Å². The first-order valence-corrected chi connectivity index (χ1v) is 3.38. The summed E-state index contributed by atoms with van der Waals surface area (Å²) in [7, 11) is 0. The van der Waals surface area contributed by atoms with Gasteiger partial charge in [-0.1, -0.05) is 30.3 Å². The van der Waals surface area contributed by atoms with Gasteiger partial charge in [0.2, 0.25) is 0 Å². The Labute approximate surface area is 81.7 Å². The van der Waals surface area contributed by atoms with Crippen LogP contribution in [0.3, 0.4) is 0 Å². The quantitative estimate of drug-likeness (QED) is 0.834. The van der Waals surface area contributed by atoms with Crippen LogP contribution in [0.1, 0.15) is 19.4 Å².